The van der Waals surface area contributed by atoms with E-state index in [1.165, 1.54) is 37.9 Å². The second kappa shape index (κ2) is 6.83. The van der Waals surface area contributed by atoms with Crippen molar-refractivity contribution >= 4 is 17.7 Å². The van der Waals surface area contributed by atoms with Crippen LogP contribution in [0.5, 0.6) is 0 Å². The molecule has 0 spiro atoms. The van der Waals surface area contributed by atoms with Crippen molar-refractivity contribution in [2.75, 3.05) is 18.6 Å². The molecular weight excluding hydrogens is 244 g/mol. The van der Waals surface area contributed by atoms with E-state index in [2.05, 4.69) is 20.8 Å². The molecule has 2 bridgehead atoms. The Hall–Kier alpha value is -0.180. The Morgan fingerprint density at radius 2 is 1.50 bits per heavy atom. The minimum atomic E-state index is -0.0908. The quantitative estimate of drug-likeness (QED) is 0.717. The maximum absolute atomic E-state index is 11.6. The van der Waals surface area contributed by atoms with Crippen LogP contribution in [0.4, 0.5) is 0 Å². The average molecular weight is 272 g/mol. The fraction of sp³-hybridized carbons (Fsp3) is 0.933. The van der Waals surface area contributed by atoms with Gasteiger partial charge in [-0.1, -0.05) is 20.8 Å². The molecule has 0 radical (unpaired) electrons. The van der Waals surface area contributed by atoms with E-state index in [0.29, 0.717) is 5.41 Å². The van der Waals surface area contributed by atoms with Crippen LogP contribution in [-0.2, 0) is 9.53 Å². The molecule has 18 heavy (non-hydrogen) atoms. The first-order valence-corrected chi connectivity index (χ1v) is 8.33. The normalized spacial score (nSPS) is 33.6. The molecule has 0 aliphatic heterocycles. The van der Waals surface area contributed by atoms with Gasteiger partial charge < -0.3 is 4.74 Å². The van der Waals surface area contributed by atoms with Crippen LogP contribution in [0, 0.1) is 10.8 Å². The van der Waals surface area contributed by atoms with Gasteiger partial charge in [0.05, 0.1) is 12.5 Å². The van der Waals surface area contributed by atoms with E-state index >= 15 is 0 Å². The Kier molecular flexibility index (Phi) is 6.03. The van der Waals surface area contributed by atoms with Gasteiger partial charge in [0.2, 0.25) is 0 Å². The highest BCUT2D eigenvalue weighted by molar-refractivity contribution is 7.99. The van der Waals surface area contributed by atoms with Crippen LogP contribution in [0.1, 0.15) is 59.3 Å². The van der Waals surface area contributed by atoms with Crippen molar-refractivity contribution in [3.8, 4) is 0 Å². The number of hydrogen-bond acceptors (Lipinski definition) is 3. The first-order chi connectivity index (χ1) is 8.52. The first-order valence-electron chi connectivity index (χ1n) is 7.18. The lowest BCUT2D eigenvalue weighted by molar-refractivity contribution is -0.162. The van der Waals surface area contributed by atoms with Gasteiger partial charge in [0.15, 0.2) is 0 Å². The summed E-state index contributed by atoms with van der Waals surface area (Å²) in [5, 5.41) is 0. The van der Waals surface area contributed by atoms with Gasteiger partial charge in [-0.05, 0) is 55.4 Å². The van der Waals surface area contributed by atoms with Crippen LogP contribution < -0.4 is 0 Å². The summed E-state index contributed by atoms with van der Waals surface area (Å²) in [6.45, 7) is 6.70. The van der Waals surface area contributed by atoms with Crippen molar-refractivity contribution in [3.63, 3.8) is 0 Å². The summed E-state index contributed by atoms with van der Waals surface area (Å²) in [4.78, 5) is 11.6. The summed E-state index contributed by atoms with van der Waals surface area (Å²) >= 11 is 1.96. The number of esters is 1. The molecule has 0 saturated heterocycles. The third-order valence-electron chi connectivity index (χ3n) is 4.65. The Morgan fingerprint density at radius 1 is 1.06 bits per heavy atom. The van der Waals surface area contributed by atoms with E-state index in [0.717, 1.165) is 19.3 Å². The lowest BCUT2D eigenvalue weighted by Crippen LogP contribution is -2.45. The lowest BCUT2D eigenvalue weighted by Gasteiger charge is -2.50. The minimum absolute atomic E-state index is 0.0363. The number of fused-ring (bicyclic) bond motifs is 3. The van der Waals surface area contributed by atoms with E-state index < -0.39 is 0 Å². The molecule has 106 valence electrons. The molecule has 3 rings (SSSR count). The molecule has 0 atom stereocenters. The van der Waals surface area contributed by atoms with E-state index in [1.807, 2.05) is 11.8 Å². The van der Waals surface area contributed by atoms with Crippen molar-refractivity contribution in [1.29, 1.82) is 0 Å². The second-order valence-corrected chi connectivity index (χ2v) is 7.43. The highest BCUT2D eigenvalue weighted by atomic mass is 32.2. The van der Waals surface area contributed by atoms with Gasteiger partial charge in [-0.3, -0.25) is 4.79 Å². The summed E-state index contributed by atoms with van der Waals surface area (Å²) in [6, 6.07) is 0. The number of thioether (sulfide) groups is 1. The van der Waals surface area contributed by atoms with Crippen molar-refractivity contribution < 1.29 is 9.53 Å². The van der Waals surface area contributed by atoms with Crippen LogP contribution in [0.25, 0.3) is 0 Å². The maximum atomic E-state index is 11.6. The van der Waals surface area contributed by atoms with Crippen LogP contribution in [0.3, 0.4) is 0 Å². The van der Waals surface area contributed by atoms with Gasteiger partial charge in [-0.2, -0.15) is 11.8 Å². The molecule has 0 unspecified atom stereocenters. The molecule has 3 heteroatoms. The number of carbonyl (C=O) groups is 1. The zero-order valence-electron chi connectivity index (χ0n) is 12.4. The molecule has 0 amide bonds. The van der Waals surface area contributed by atoms with Crippen LogP contribution in [0.2, 0.25) is 0 Å². The summed E-state index contributed by atoms with van der Waals surface area (Å²) in [5.74, 6) is 2.56. The fourth-order valence-corrected chi connectivity index (χ4v) is 3.51. The third kappa shape index (κ3) is 3.66. The van der Waals surface area contributed by atoms with Crippen LogP contribution >= 0.6 is 11.8 Å². The second-order valence-electron chi connectivity index (χ2n) is 5.86. The third-order valence-corrected chi connectivity index (χ3v) is 5.46. The fourth-order valence-electron chi connectivity index (χ4n) is 3.10. The van der Waals surface area contributed by atoms with Gasteiger partial charge in [-0.25, -0.2) is 0 Å². The van der Waals surface area contributed by atoms with E-state index in [9.17, 15) is 4.79 Å². The van der Waals surface area contributed by atoms with Gasteiger partial charge in [0, 0.05) is 0 Å². The Morgan fingerprint density at radius 3 is 1.78 bits per heavy atom. The standard InChI is InChI=1S/C11H18O2.C4H10S/c1-10-3-6-11(7-4-10,8-5-10)9(12)13-2;1-3-5-4-2/h3-8H2,1-2H3;3-4H2,1-2H3. The summed E-state index contributed by atoms with van der Waals surface area (Å²) in [6.07, 6.45) is 6.79. The smallest absolute Gasteiger partial charge is 0.311 e. The van der Waals surface area contributed by atoms with Crippen LogP contribution in [0.15, 0.2) is 0 Å². The molecule has 0 aromatic heterocycles. The Balaban J connectivity index is 0.000000280. The molecule has 3 fully saturated rings. The number of rotatable bonds is 3. The zero-order valence-corrected chi connectivity index (χ0v) is 13.2. The number of methoxy groups -OCH3 is 1. The largest absolute Gasteiger partial charge is 0.469 e. The first kappa shape index (κ1) is 15.9. The summed E-state index contributed by atoms with van der Waals surface area (Å²) in [5.41, 5.74) is 0.447. The minimum Gasteiger partial charge on any atom is -0.469 e. The molecule has 0 heterocycles. The lowest BCUT2D eigenvalue weighted by atomic mass is 9.54. The van der Waals surface area contributed by atoms with Crippen molar-refractivity contribution in [1.82, 2.24) is 0 Å². The van der Waals surface area contributed by atoms with E-state index in [-0.39, 0.29) is 11.4 Å². The van der Waals surface area contributed by atoms with Gasteiger partial charge in [0.1, 0.15) is 0 Å². The molecule has 0 aromatic carbocycles. The summed E-state index contributed by atoms with van der Waals surface area (Å²) < 4.78 is 4.90. The number of hydrogen-bond donors (Lipinski definition) is 0. The van der Waals surface area contributed by atoms with Gasteiger partial charge in [-0.15, -0.1) is 0 Å². The Labute approximate surface area is 116 Å². The van der Waals surface area contributed by atoms with Crippen LogP contribution in [-0.4, -0.2) is 24.6 Å². The van der Waals surface area contributed by atoms with E-state index in [4.69, 9.17) is 4.74 Å². The molecule has 3 aliphatic rings. The average Bonchev–Trinajstić information content (AvgIpc) is 2.41. The highest BCUT2D eigenvalue weighted by Gasteiger charge is 2.50. The molecule has 3 saturated carbocycles. The molecule has 2 nitrogen and oxygen atoms in total. The zero-order chi connectivity index (χ0) is 13.6. The summed E-state index contributed by atoms with van der Waals surface area (Å²) in [7, 11) is 1.51. The predicted octanol–water partition coefficient (Wildman–Crippen LogP) is 4.28. The molecule has 0 aromatic rings. The monoisotopic (exact) mass is 272 g/mol. The van der Waals surface area contributed by atoms with Gasteiger partial charge in [0.25, 0.3) is 0 Å². The molecule has 0 N–H and O–H groups in total. The Bertz CT molecular complexity index is 249. The number of carbonyl (C=O) groups excluding carboxylic acids is 1. The van der Waals surface area contributed by atoms with Crippen molar-refractivity contribution in [2.24, 2.45) is 10.8 Å². The SMILES string of the molecule is CCSCC.COC(=O)C12CCC(C)(CC1)CC2. The van der Waals surface area contributed by atoms with Crippen molar-refractivity contribution in [2.45, 2.75) is 59.3 Å². The maximum Gasteiger partial charge on any atom is 0.311 e. The topological polar surface area (TPSA) is 26.3 Å². The number of ether oxygens (including phenoxy) is 1. The van der Waals surface area contributed by atoms with Gasteiger partial charge >= 0.3 is 5.97 Å². The highest BCUT2D eigenvalue weighted by Crippen LogP contribution is 2.56. The molecule has 3 aliphatic carbocycles. The van der Waals surface area contributed by atoms with E-state index in [1.54, 1.807) is 0 Å². The van der Waals surface area contributed by atoms with Crippen molar-refractivity contribution in [3.05, 3.63) is 0 Å². The molecular formula is C15H28O2S. The predicted molar refractivity (Wildman–Crippen MR) is 78.9 cm³/mol.